The van der Waals surface area contributed by atoms with E-state index in [-0.39, 0.29) is 57.1 Å². The largest absolute Gasteiger partial charge is 0.484 e. The van der Waals surface area contributed by atoms with Crippen LogP contribution in [0.1, 0.15) is 18.7 Å². The molecule has 2 aromatic rings. The fraction of sp³-hybridized carbons (Fsp3) is 0.552. The van der Waals surface area contributed by atoms with Crippen molar-refractivity contribution in [1.29, 1.82) is 0 Å². The number of para-hydroxylation sites is 1. The van der Waals surface area contributed by atoms with Gasteiger partial charge in [-0.25, -0.2) is 4.98 Å². The Morgan fingerprint density at radius 3 is 2.61 bits per heavy atom. The Bertz CT molecular complexity index is 1340. The number of benzene rings is 1. The van der Waals surface area contributed by atoms with E-state index in [2.05, 4.69) is 20.6 Å². The second kappa shape index (κ2) is 12.9. The lowest BCUT2D eigenvalue weighted by atomic mass is 10.0. The number of aliphatic hydroxyl groups is 2. The quantitative estimate of drug-likeness (QED) is 0.244. The highest BCUT2D eigenvalue weighted by atomic mass is 16.5. The van der Waals surface area contributed by atoms with E-state index in [9.17, 15) is 29.4 Å². The summed E-state index contributed by atoms with van der Waals surface area (Å²) >= 11 is 0. The predicted octanol–water partition coefficient (Wildman–Crippen LogP) is -2.40. The lowest BCUT2D eigenvalue weighted by Crippen LogP contribution is -2.64. The SMILES string of the molecule is O=C1C[C@@H]2O[C@H](CNC(=O)[C@@H]3CN(CCN3C(=O)COc3ccccc3)C(=O)[C@@H]3C[C@@H](CN3Cc3ncc[nH]3)N1)[C@@H](O)[C@H]2O. The zero-order chi connectivity index (χ0) is 30.8. The molecule has 236 valence electrons. The Morgan fingerprint density at radius 2 is 1.84 bits per heavy atom. The van der Waals surface area contributed by atoms with Crippen LogP contribution < -0.4 is 15.4 Å². The van der Waals surface area contributed by atoms with Gasteiger partial charge in [-0.2, -0.15) is 0 Å². The Balaban J connectivity index is 1.25. The zero-order valence-corrected chi connectivity index (χ0v) is 24.1. The van der Waals surface area contributed by atoms with Crippen LogP contribution in [0.25, 0.3) is 0 Å². The van der Waals surface area contributed by atoms with Gasteiger partial charge in [0.15, 0.2) is 6.61 Å². The number of aromatic amines is 1. The van der Waals surface area contributed by atoms with Gasteiger partial charge in [0.25, 0.3) is 5.91 Å². The van der Waals surface area contributed by atoms with Crippen LogP contribution in [0.15, 0.2) is 42.7 Å². The van der Waals surface area contributed by atoms with Gasteiger partial charge in [-0.15, -0.1) is 0 Å². The molecule has 1 aromatic carbocycles. The number of hydrogen-bond acceptors (Lipinski definition) is 10. The Kier molecular flexibility index (Phi) is 8.79. The van der Waals surface area contributed by atoms with E-state index in [1.807, 2.05) is 11.0 Å². The maximum absolute atomic E-state index is 14.0. The molecular weight excluding hydrogens is 574 g/mol. The van der Waals surface area contributed by atoms with Crippen LogP contribution in [0.3, 0.4) is 0 Å². The number of likely N-dealkylation sites (tertiary alicyclic amines) is 1. The summed E-state index contributed by atoms with van der Waals surface area (Å²) in [7, 11) is 0. The number of aliphatic hydroxyl groups excluding tert-OH is 2. The molecule has 0 spiro atoms. The smallest absolute Gasteiger partial charge is 0.261 e. The highest BCUT2D eigenvalue weighted by molar-refractivity contribution is 5.90. The molecule has 6 rings (SSSR count). The number of hydrogen-bond donors (Lipinski definition) is 5. The third kappa shape index (κ3) is 6.40. The second-order valence-electron chi connectivity index (χ2n) is 11.6. The molecule has 15 nitrogen and oxygen atoms in total. The van der Waals surface area contributed by atoms with Crippen molar-refractivity contribution in [2.24, 2.45) is 0 Å². The Hall–Kier alpha value is -4.05. The number of H-pyrrole nitrogens is 1. The van der Waals surface area contributed by atoms with Gasteiger partial charge in [0, 0.05) is 44.6 Å². The molecule has 4 amide bonds. The monoisotopic (exact) mass is 611 g/mol. The number of nitrogens with zero attached hydrogens (tertiary/aromatic N) is 4. The molecule has 0 saturated carbocycles. The molecule has 44 heavy (non-hydrogen) atoms. The minimum Gasteiger partial charge on any atom is -0.484 e. The van der Waals surface area contributed by atoms with E-state index in [0.717, 1.165) is 0 Å². The van der Waals surface area contributed by atoms with Gasteiger partial charge >= 0.3 is 0 Å². The molecule has 4 saturated heterocycles. The summed E-state index contributed by atoms with van der Waals surface area (Å²) in [6.07, 6.45) is -1.16. The molecule has 4 fully saturated rings. The van der Waals surface area contributed by atoms with Crippen molar-refractivity contribution in [3.8, 4) is 5.75 Å². The minimum atomic E-state index is -1.33. The summed E-state index contributed by atoms with van der Waals surface area (Å²) in [5, 5.41) is 26.9. The molecular formula is C29H37N7O8. The number of nitrogens with one attached hydrogen (secondary N) is 3. The molecule has 0 radical (unpaired) electrons. The first-order chi connectivity index (χ1) is 21.3. The summed E-state index contributed by atoms with van der Waals surface area (Å²) in [6.45, 7) is 0.526. The average molecular weight is 612 g/mol. The van der Waals surface area contributed by atoms with Crippen LogP contribution in [-0.2, 0) is 30.5 Å². The topological polar surface area (TPSA) is 190 Å². The zero-order valence-electron chi connectivity index (χ0n) is 24.1. The van der Waals surface area contributed by atoms with Gasteiger partial charge in [0.1, 0.15) is 35.9 Å². The summed E-state index contributed by atoms with van der Waals surface area (Å²) in [6, 6.07) is 6.86. The van der Waals surface area contributed by atoms with Gasteiger partial charge in [-0.1, -0.05) is 18.2 Å². The van der Waals surface area contributed by atoms with Crippen molar-refractivity contribution < 1.29 is 38.9 Å². The van der Waals surface area contributed by atoms with E-state index in [1.165, 1.54) is 4.90 Å². The molecule has 15 heteroatoms. The van der Waals surface area contributed by atoms with Gasteiger partial charge in [0.2, 0.25) is 17.7 Å². The third-order valence-corrected chi connectivity index (χ3v) is 8.71. The average Bonchev–Trinajstić information content (AvgIpc) is 3.75. The molecule has 0 aliphatic carbocycles. The normalized spacial score (nSPS) is 31.5. The van der Waals surface area contributed by atoms with Crippen molar-refractivity contribution in [3.05, 3.63) is 48.5 Å². The van der Waals surface area contributed by atoms with Crippen molar-refractivity contribution in [2.45, 2.75) is 61.9 Å². The lowest BCUT2D eigenvalue weighted by Gasteiger charge is -2.42. The van der Waals surface area contributed by atoms with Gasteiger partial charge in [-0.05, 0) is 18.6 Å². The van der Waals surface area contributed by atoms with Crippen LogP contribution in [0, 0.1) is 0 Å². The van der Waals surface area contributed by atoms with Crippen LogP contribution >= 0.6 is 0 Å². The molecule has 5 heterocycles. The minimum absolute atomic E-state index is 0.0524. The number of rotatable bonds is 5. The van der Waals surface area contributed by atoms with Crippen molar-refractivity contribution in [3.63, 3.8) is 0 Å². The molecule has 0 unspecified atom stereocenters. The van der Waals surface area contributed by atoms with Gasteiger partial charge < -0.3 is 45.1 Å². The molecule has 4 aliphatic rings. The highest BCUT2D eigenvalue weighted by Gasteiger charge is 2.47. The number of piperazine rings is 1. The number of ether oxygens (including phenoxy) is 2. The molecule has 7 atom stereocenters. The van der Waals surface area contributed by atoms with E-state index in [0.29, 0.717) is 31.1 Å². The van der Waals surface area contributed by atoms with E-state index in [1.54, 1.807) is 41.6 Å². The van der Waals surface area contributed by atoms with E-state index >= 15 is 0 Å². The first-order valence-corrected chi connectivity index (χ1v) is 14.8. The molecule has 4 aliphatic heterocycles. The molecule has 1 aromatic heterocycles. The van der Waals surface area contributed by atoms with Gasteiger partial charge in [0.05, 0.1) is 31.7 Å². The third-order valence-electron chi connectivity index (χ3n) is 8.71. The molecule has 6 bridgehead atoms. The van der Waals surface area contributed by atoms with E-state index in [4.69, 9.17) is 9.47 Å². The van der Waals surface area contributed by atoms with Crippen LogP contribution in [0.5, 0.6) is 5.75 Å². The Morgan fingerprint density at radius 1 is 1.05 bits per heavy atom. The maximum atomic E-state index is 14.0. The first kappa shape index (κ1) is 30.0. The number of amides is 4. The predicted molar refractivity (Wildman–Crippen MR) is 152 cm³/mol. The number of imidazole rings is 1. The van der Waals surface area contributed by atoms with Crippen LogP contribution in [0.4, 0.5) is 0 Å². The second-order valence-corrected chi connectivity index (χ2v) is 11.6. The van der Waals surface area contributed by atoms with Crippen molar-refractivity contribution in [2.75, 3.05) is 39.3 Å². The van der Waals surface area contributed by atoms with Crippen LogP contribution in [0.2, 0.25) is 0 Å². The summed E-state index contributed by atoms with van der Waals surface area (Å²) in [4.78, 5) is 66.2. The van der Waals surface area contributed by atoms with E-state index < -0.39 is 48.3 Å². The maximum Gasteiger partial charge on any atom is 0.261 e. The highest BCUT2D eigenvalue weighted by Crippen LogP contribution is 2.27. The van der Waals surface area contributed by atoms with Crippen molar-refractivity contribution in [1.82, 2.24) is 35.3 Å². The number of carbonyl (C=O) groups is 4. The number of carbonyl (C=O) groups excluding carboxylic acids is 4. The number of aromatic nitrogens is 2. The first-order valence-electron chi connectivity index (χ1n) is 14.8. The fourth-order valence-electron chi connectivity index (χ4n) is 6.43. The van der Waals surface area contributed by atoms with Crippen molar-refractivity contribution >= 4 is 23.6 Å². The van der Waals surface area contributed by atoms with Crippen LogP contribution in [-0.4, -0.2) is 140 Å². The standard InChI is InChI=1S/C29H37N7O8/c37-24-11-21-26(39)27(40)22(44-21)12-32-28(41)20-14-34(8-9-36(20)25(38)16-43-18-4-2-1-3-5-18)29(42)19-10-17(33-24)13-35(19)15-23-30-6-7-31-23/h1-7,17,19-22,26-27,39-40H,8-16H2,(H,30,31)(H,32,41)(H,33,37)/t17-,19-,20-,21-,22+,26-,27+/m0/s1. The lowest BCUT2D eigenvalue weighted by molar-refractivity contribution is -0.151. The fourth-order valence-corrected chi connectivity index (χ4v) is 6.43. The summed E-state index contributed by atoms with van der Waals surface area (Å²) in [5.74, 6) is -0.359. The number of fused-ring (bicyclic) bond motifs is 6. The molecule has 5 N–H and O–H groups in total. The summed E-state index contributed by atoms with van der Waals surface area (Å²) in [5.41, 5.74) is 0. The van der Waals surface area contributed by atoms with Gasteiger partial charge in [-0.3, -0.25) is 24.1 Å². The summed E-state index contributed by atoms with van der Waals surface area (Å²) < 4.78 is 11.4. The Labute approximate surface area is 253 Å².